The molecule has 21 heavy (non-hydrogen) atoms. The highest BCUT2D eigenvalue weighted by Crippen LogP contribution is 2.25. The second-order valence-electron chi connectivity index (χ2n) is 6.19. The van der Waals surface area contributed by atoms with Gasteiger partial charge in [-0.25, -0.2) is 13.1 Å². The fraction of sp³-hybridized carbons (Fsp3) is 0.625. The number of unbranched alkanes of at least 4 members (excludes halogenated alkanes) is 2. The molecule has 0 saturated heterocycles. The highest BCUT2D eigenvalue weighted by atomic mass is 32.2. The van der Waals surface area contributed by atoms with E-state index in [1.54, 1.807) is 25.2 Å². The lowest BCUT2D eigenvalue weighted by Crippen LogP contribution is -2.34. The average Bonchev–Trinajstić information content (AvgIpc) is 2.45. The fourth-order valence-electron chi connectivity index (χ4n) is 2.22. The fourth-order valence-corrected chi connectivity index (χ4v) is 3.67. The largest absolute Gasteiger partial charge is 0.387 e. The first kappa shape index (κ1) is 18.0. The van der Waals surface area contributed by atoms with E-state index in [1.807, 2.05) is 6.07 Å². The monoisotopic (exact) mass is 312 g/mol. The van der Waals surface area contributed by atoms with Gasteiger partial charge in [0.15, 0.2) is 0 Å². The molecule has 1 aromatic carbocycles. The Labute approximate surface area is 129 Å². The Morgan fingerprint density at radius 2 is 1.81 bits per heavy atom. The van der Waals surface area contributed by atoms with Crippen LogP contribution in [0.25, 0.3) is 0 Å². The quantitative estimate of drug-likeness (QED) is 0.685. The van der Waals surface area contributed by atoms with Crippen molar-refractivity contribution in [1.29, 1.82) is 0 Å². The first-order valence-electron chi connectivity index (χ1n) is 7.59. The summed E-state index contributed by atoms with van der Waals surface area (Å²) in [6.07, 6.45) is 4.53. The van der Waals surface area contributed by atoms with Gasteiger partial charge in [0.25, 0.3) is 0 Å². The second-order valence-corrected chi connectivity index (χ2v) is 7.93. The number of sulfonamides is 1. The van der Waals surface area contributed by atoms with Crippen molar-refractivity contribution in [3.8, 4) is 0 Å². The van der Waals surface area contributed by atoms with Crippen LogP contribution < -0.4 is 10.0 Å². The van der Waals surface area contributed by atoms with Crippen LogP contribution in [0.3, 0.4) is 0 Å². The molecule has 0 atom stereocenters. The Bertz CT molecular complexity index is 539. The predicted octanol–water partition coefficient (Wildman–Crippen LogP) is 3.61. The van der Waals surface area contributed by atoms with Gasteiger partial charge < -0.3 is 5.32 Å². The number of nitrogens with one attached hydrogen (secondary N) is 2. The lowest BCUT2D eigenvalue weighted by atomic mass is 9.87. The molecule has 0 heterocycles. The van der Waals surface area contributed by atoms with Crippen molar-refractivity contribution in [3.63, 3.8) is 0 Å². The van der Waals surface area contributed by atoms with Crippen LogP contribution in [-0.4, -0.2) is 22.0 Å². The minimum atomic E-state index is -3.48. The Hall–Kier alpha value is -1.07. The molecule has 0 amide bonds. The van der Waals surface area contributed by atoms with Crippen LogP contribution in [0.5, 0.6) is 0 Å². The normalized spacial score (nSPS) is 12.4. The van der Waals surface area contributed by atoms with Gasteiger partial charge in [0.2, 0.25) is 10.0 Å². The standard InChI is InChI=1S/C16H28N2O2S/c1-5-6-9-12-16(2,3)13-18-21(19,20)15-11-8-7-10-14(15)17-4/h7-8,10-11,17-18H,5-6,9,12-13H2,1-4H3. The number of hydrogen-bond acceptors (Lipinski definition) is 3. The maximum Gasteiger partial charge on any atom is 0.242 e. The van der Waals surface area contributed by atoms with Gasteiger partial charge in [-0.2, -0.15) is 0 Å². The van der Waals surface area contributed by atoms with Crippen LogP contribution in [0, 0.1) is 5.41 Å². The van der Waals surface area contributed by atoms with Crippen molar-refractivity contribution in [2.75, 3.05) is 18.9 Å². The summed E-state index contributed by atoms with van der Waals surface area (Å²) in [6, 6.07) is 6.94. The minimum absolute atomic E-state index is 0.0309. The molecular formula is C16H28N2O2S. The summed E-state index contributed by atoms with van der Waals surface area (Å²) >= 11 is 0. The molecule has 1 rings (SSSR count). The summed E-state index contributed by atoms with van der Waals surface area (Å²) in [5, 5.41) is 2.92. The van der Waals surface area contributed by atoms with Gasteiger partial charge in [-0.3, -0.25) is 0 Å². The van der Waals surface area contributed by atoms with Crippen molar-refractivity contribution in [1.82, 2.24) is 4.72 Å². The van der Waals surface area contributed by atoms with Crippen LogP contribution in [-0.2, 0) is 10.0 Å². The maximum absolute atomic E-state index is 12.4. The molecule has 0 saturated carbocycles. The van der Waals surface area contributed by atoms with Crippen molar-refractivity contribution in [2.24, 2.45) is 5.41 Å². The topological polar surface area (TPSA) is 58.2 Å². The summed E-state index contributed by atoms with van der Waals surface area (Å²) in [5.41, 5.74) is 0.588. The third-order valence-electron chi connectivity index (χ3n) is 3.64. The number of rotatable bonds is 9. The Balaban J connectivity index is 2.72. The van der Waals surface area contributed by atoms with E-state index in [0.717, 1.165) is 12.8 Å². The molecule has 0 aliphatic heterocycles. The molecule has 4 nitrogen and oxygen atoms in total. The molecule has 0 unspecified atom stereocenters. The average molecular weight is 312 g/mol. The highest BCUT2D eigenvalue weighted by Gasteiger charge is 2.23. The molecule has 0 bridgehead atoms. The number of hydrogen-bond donors (Lipinski definition) is 2. The van der Waals surface area contributed by atoms with E-state index in [-0.39, 0.29) is 5.41 Å². The summed E-state index contributed by atoms with van der Waals surface area (Å²) in [5.74, 6) is 0. The van der Waals surface area contributed by atoms with Crippen LogP contribution in [0.15, 0.2) is 29.2 Å². The molecule has 0 aliphatic carbocycles. The maximum atomic E-state index is 12.4. The van der Waals surface area contributed by atoms with Gasteiger partial charge in [-0.15, -0.1) is 0 Å². The molecule has 5 heteroatoms. The van der Waals surface area contributed by atoms with Crippen molar-refractivity contribution in [2.45, 2.75) is 51.3 Å². The van der Waals surface area contributed by atoms with Crippen LogP contribution >= 0.6 is 0 Å². The van der Waals surface area contributed by atoms with Crippen molar-refractivity contribution in [3.05, 3.63) is 24.3 Å². The van der Waals surface area contributed by atoms with E-state index in [0.29, 0.717) is 17.1 Å². The first-order valence-corrected chi connectivity index (χ1v) is 9.07. The Kier molecular flexibility index (Phi) is 6.68. The van der Waals surface area contributed by atoms with Gasteiger partial charge in [0.1, 0.15) is 4.90 Å². The third kappa shape index (κ3) is 5.67. The first-order chi connectivity index (χ1) is 9.82. The number of para-hydroxylation sites is 1. The lowest BCUT2D eigenvalue weighted by molar-refractivity contribution is 0.320. The molecule has 0 fully saturated rings. The summed E-state index contributed by atoms with van der Waals surface area (Å²) in [6.45, 7) is 6.84. The molecule has 1 aromatic rings. The predicted molar refractivity (Wildman–Crippen MR) is 89.1 cm³/mol. The van der Waals surface area contributed by atoms with Crippen molar-refractivity contribution < 1.29 is 8.42 Å². The SMILES string of the molecule is CCCCCC(C)(C)CNS(=O)(=O)c1ccccc1NC. The lowest BCUT2D eigenvalue weighted by Gasteiger charge is -2.25. The van der Waals surface area contributed by atoms with Crippen LogP contribution in [0.4, 0.5) is 5.69 Å². The zero-order chi connectivity index (χ0) is 15.9. The van der Waals surface area contributed by atoms with Gasteiger partial charge in [-0.1, -0.05) is 52.2 Å². The van der Waals surface area contributed by atoms with E-state index in [2.05, 4.69) is 30.8 Å². The molecule has 0 radical (unpaired) electrons. The Morgan fingerprint density at radius 1 is 1.14 bits per heavy atom. The molecular weight excluding hydrogens is 284 g/mol. The van der Waals surface area contributed by atoms with Gasteiger partial charge in [-0.05, 0) is 24.0 Å². The van der Waals surface area contributed by atoms with E-state index in [1.165, 1.54) is 12.8 Å². The second kappa shape index (κ2) is 7.80. The number of anilines is 1. The van der Waals surface area contributed by atoms with E-state index < -0.39 is 10.0 Å². The minimum Gasteiger partial charge on any atom is -0.387 e. The van der Waals surface area contributed by atoms with Gasteiger partial charge in [0.05, 0.1) is 5.69 Å². The smallest absolute Gasteiger partial charge is 0.242 e. The molecule has 0 aromatic heterocycles. The molecule has 2 N–H and O–H groups in total. The zero-order valence-corrected chi connectivity index (χ0v) is 14.4. The van der Waals surface area contributed by atoms with Crippen molar-refractivity contribution >= 4 is 15.7 Å². The Morgan fingerprint density at radius 3 is 2.43 bits per heavy atom. The number of benzene rings is 1. The van der Waals surface area contributed by atoms with E-state index in [9.17, 15) is 8.42 Å². The summed E-state index contributed by atoms with van der Waals surface area (Å²) in [7, 11) is -1.75. The molecule has 0 aliphatic rings. The third-order valence-corrected chi connectivity index (χ3v) is 5.10. The summed E-state index contributed by atoms with van der Waals surface area (Å²) < 4.78 is 27.6. The van der Waals surface area contributed by atoms with Crippen LogP contribution in [0.1, 0.15) is 46.5 Å². The summed E-state index contributed by atoms with van der Waals surface area (Å²) in [4.78, 5) is 0.303. The van der Waals surface area contributed by atoms with Gasteiger partial charge in [0, 0.05) is 13.6 Å². The van der Waals surface area contributed by atoms with Crippen LogP contribution in [0.2, 0.25) is 0 Å². The molecule has 0 spiro atoms. The zero-order valence-electron chi connectivity index (χ0n) is 13.6. The van der Waals surface area contributed by atoms with E-state index in [4.69, 9.17) is 0 Å². The van der Waals surface area contributed by atoms with Gasteiger partial charge >= 0.3 is 0 Å². The van der Waals surface area contributed by atoms with E-state index >= 15 is 0 Å². The molecule has 120 valence electrons. The highest BCUT2D eigenvalue weighted by molar-refractivity contribution is 7.89.